The molecule has 0 bridgehead atoms. The summed E-state index contributed by atoms with van der Waals surface area (Å²) in [5.74, 6) is 1.52. The van der Waals surface area contributed by atoms with Gasteiger partial charge in [0, 0.05) is 43.1 Å². The first-order valence-electron chi connectivity index (χ1n) is 10.5. The molecule has 180 valence electrons. The number of nitrogens with one attached hydrogen (secondary N) is 4. The molecule has 2 aromatic carbocycles. The SMILES string of the molecule is COc1ccc(Nc2cc(C)nc(NCCNS(=O)(=O)c3ccc(NC(C)=O)cc3C)n2)cc1. The Balaban J connectivity index is 1.58. The highest BCUT2D eigenvalue weighted by Crippen LogP contribution is 2.21. The molecule has 11 heteroatoms. The average Bonchev–Trinajstić information content (AvgIpc) is 2.76. The van der Waals surface area contributed by atoms with E-state index in [9.17, 15) is 13.2 Å². The summed E-state index contributed by atoms with van der Waals surface area (Å²) in [5.41, 5.74) is 2.67. The van der Waals surface area contributed by atoms with Crippen LogP contribution in [-0.2, 0) is 14.8 Å². The van der Waals surface area contributed by atoms with Gasteiger partial charge in [-0.2, -0.15) is 4.98 Å². The van der Waals surface area contributed by atoms with E-state index in [1.54, 1.807) is 26.2 Å². The number of sulfonamides is 1. The van der Waals surface area contributed by atoms with Crippen molar-refractivity contribution in [2.45, 2.75) is 25.7 Å². The number of ether oxygens (including phenoxy) is 1. The van der Waals surface area contributed by atoms with Crippen LogP contribution in [0.3, 0.4) is 0 Å². The fourth-order valence-corrected chi connectivity index (χ4v) is 4.46. The monoisotopic (exact) mass is 484 g/mol. The van der Waals surface area contributed by atoms with E-state index in [0.29, 0.717) is 23.0 Å². The zero-order chi connectivity index (χ0) is 24.7. The lowest BCUT2D eigenvalue weighted by Gasteiger charge is -2.12. The molecule has 1 amide bonds. The van der Waals surface area contributed by atoms with Gasteiger partial charge in [0.25, 0.3) is 0 Å². The Morgan fingerprint density at radius 3 is 2.32 bits per heavy atom. The number of hydrogen-bond acceptors (Lipinski definition) is 8. The molecule has 0 atom stereocenters. The Hall–Kier alpha value is -3.70. The number of methoxy groups -OCH3 is 1. The normalized spacial score (nSPS) is 11.1. The molecule has 3 rings (SSSR count). The van der Waals surface area contributed by atoms with E-state index in [0.717, 1.165) is 17.1 Å². The van der Waals surface area contributed by atoms with E-state index in [4.69, 9.17) is 4.74 Å². The van der Waals surface area contributed by atoms with Crippen LogP contribution in [0.25, 0.3) is 0 Å². The van der Waals surface area contributed by atoms with E-state index in [2.05, 4.69) is 30.6 Å². The van der Waals surface area contributed by atoms with Crippen LogP contribution in [0.2, 0.25) is 0 Å². The number of nitrogens with zero attached hydrogens (tertiary/aromatic N) is 2. The van der Waals surface area contributed by atoms with Gasteiger partial charge in [-0.25, -0.2) is 18.1 Å². The van der Waals surface area contributed by atoms with Gasteiger partial charge in [0.15, 0.2) is 0 Å². The topological polar surface area (TPSA) is 134 Å². The van der Waals surface area contributed by atoms with Crippen molar-refractivity contribution in [2.75, 3.05) is 36.1 Å². The highest BCUT2D eigenvalue weighted by molar-refractivity contribution is 7.89. The molecular weight excluding hydrogens is 456 g/mol. The summed E-state index contributed by atoms with van der Waals surface area (Å²) in [5, 5.41) is 8.89. The van der Waals surface area contributed by atoms with Gasteiger partial charge in [0.05, 0.1) is 12.0 Å². The second-order valence-corrected chi connectivity index (χ2v) is 9.29. The lowest BCUT2D eigenvalue weighted by molar-refractivity contribution is -0.114. The number of rotatable bonds is 10. The molecule has 0 aliphatic carbocycles. The lowest BCUT2D eigenvalue weighted by Crippen LogP contribution is -2.29. The van der Waals surface area contributed by atoms with Crippen molar-refractivity contribution in [3.8, 4) is 5.75 Å². The fourth-order valence-electron chi connectivity index (χ4n) is 3.20. The van der Waals surface area contributed by atoms with Gasteiger partial charge in [-0.1, -0.05) is 0 Å². The van der Waals surface area contributed by atoms with Crippen molar-refractivity contribution in [2.24, 2.45) is 0 Å². The van der Waals surface area contributed by atoms with Gasteiger partial charge in [-0.3, -0.25) is 4.79 Å². The third-order valence-electron chi connectivity index (χ3n) is 4.70. The van der Waals surface area contributed by atoms with Crippen LogP contribution in [0.4, 0.5) is 23.1 Å². The fraction of sp³-hybridized carbons (Fsp3) is 0.261. The van der Waals surface area contributed by atoms with Crippen molar-refractivity contribution in [3.05, 3.63) is 59.8 Å². The molecule has 0 unspecified atom stereocenters. The first-order chi connectivity index (χ1) is 16.2. The first kappa shape index (κ1) is 24.9. The van der Waals surface area contributed by atoms with Crippen molar-refractivity contribution in [1.29, 1.82) is 0 Å². The van der Waals surface area contributed by atoms with Gasteiger partial charge in [0.2, 0.25) is 21.9 Å². The number of benzene rings is 2. The molecule has 1 heterocycles. The van der Waals surface area contributed by atoms with Gasteiger partial charge in [-0.15, -0.1) is 0 Å². The number of anilines is 4. The Labute approximate surface area is 199 Å². The van der Waals surface area contributed by atoms with Crippen LogP contribution in [0, 0.1) is 13.8 Å². The molecule has 4 N–H and O–H groups in total. The Kier molecular flexibility index (Phi) is 8.03. The van der Waals surface area contributed by atoms with Gasteiger partial charge >= 0.3 is 0 Å². The third kappa shape index (κ3) is 6.90. The summed E-state index contributed by atoms with van der Waals surface area (Å²) in [7, 11) is -2.11. The Morgan fingerprint density at radius 1 is 0.971 bits per heavy atom. The number of hydrogen-bond donors (Lipinski definition) is 4. The molecule has 34 heavy (non-hydrogen) atoms. The average molecular weight is 485 g/mol. The summed E-state index contributed by atoms with van der Waals surface area (Å²) in [4.78, 5) is 20.1. The number of aromatic nitrogens is 2. The van der Waals surface area contributed by atoms with Crippen LogP contribution >= 0.6 is 0 Å². The quantitative estimate of drug-likeness (QED) is 0.322. The minimum atomic E-state index is -3.72. The van der Waals surface area contributed by atoms with E-state index in [1.807, 2.05) is 37.3 Å². The van der Waals surface area contributed by atoms with Gasteiger partial charge in [0.1, 0.15) is 11.6 Å². The minimum Gasteiger partial charge on any atom is -0.497 e. The van der Waals surface area contributed by atoms with Crippen LogP contribution in [0.5, 0.6) is 5.75 Å². The Morgan fingerprint density at radius 2 is 1.68 bits per heavy atom. The van der Waals surface area contributed by atoms with E-state index in [1.165, 1.54) is 13.0 Å². The molecular formula is C23H28N6O4S. The smallest absolute Gasteiger partial charge is 0.240 e. The standard InChI is InChI=1S/C23H28N6O4S/c1-15-13-19(27-17(3)30)7-10-21(15)34(31,32)25-12-11-24-23-26-16(2)14-22(29-23)28-18-5-8-20(33-4)9-6-18/h5-10,13-14,25H,11-12H2,1-4H3,(H,27,30)(H2,24,26,28,29). The number of carbonyl (C=O) groups is 1. The maximum Gasteiger partial charge on any atom is 0.240 e. The zero-order valence-corrected chi connectivity index (χ0v) is 20.3. The van der Waals surface area contributed by atoms with Crippen LogP contribution in [0.15, 0.2) is 53.4 Å². The molecule has 3 aromatic rings. The van der Waals surface area contributed by atoms with Crippen LogP contribution in [-0.4, -0.2) is 44.5 Å². The molecule has 0 radical (unpaired) electrons. The maximum absolute atomic E-state index is 12.7. The van der Waals surface area contributed by atoms with Crippen molar-refractivity contribution < 1.29 is 17.9 Å². The first-order valence-corrected chi connectivity index (χ1v) is 12.0. The van der Waals surface area contributed by atoms with E-state index in [-0.39, 0.29) is 23.9 Å². The second-order valence-electron chi connectivity index (χ2n) is 7.56. The molecule has 0 aliphatic rings. The second kappa shape index (κ2) is 10.9. The van der Waals surface area contributed by atoms with Crippen molar-refractivity contribution in [1.82, 2.24) is 14.7 Å². The predicted molar refractivity (Wildman–Crippen MR) is 132 cm³/mol. The zero-order valence-electron chi connectivity index (χ0n) is 19.5. The summed E-state index contributed by atoms with van der Waals surface area (Å²) < 4.78 is 33.1. The molecule has 0 fully saturated rings. The lowest BCUT2D eigenvalue weighted by atomic mass is 10.2. The van der Waals surface area contributed by atoms with Crippen molar-refractivity contribution >= 4 is 39.1 Å². The van der Waals surface area contributed by atoms with Crippen molar-refractivity contribution in [3.63, 3.8) is 0 Å². The molecule has 0 saturated heterocycles. The maximum atomic E-state index is 12.7. The molecule has 0 aliphatic heterocycles. The van der Waals surface area contributed by atoms with Gasteiger partial charge in [-0.05, 0) is 61.9 Å². The third-order valence-corrected chi connectivity index (χ3v) is 6.32. The van der Waals surface area contributed by atoms with Gasteiger partial charge < -0.3 is 20.7 Å². The highest BCUT2D eigenvalue weighted by Gasteiger charge is 2.16. The number of aryl methyl sites for hydroxylation is 2. The van der Waals surface area contributed by atoms with E-state index >= 15 is 0 Å². The number of amides is 1. The Bertz CT molecular complexity index is 1260. The predicted octanol–water partition coefficient (Wildman–Crippen LogP) is 3.19. The molecule has 10 nitrogen and oxygen atoms in total. The minimum absolute atomic E-state index is 0.133. The molecule has 0 spiro atoms. The largest absolute Gasteiger partial charge is 0.497 e. The summed E-state index contributed by atoms with van der Waals surface area (Å²) in [6, 6.07) is 13.9. The van der Waals surface area contributed by atoms with E-state index < -0.39 is 10.0 Å². The molecule has 0 saturated carbocycles. The highest BCUT2D eigenvalue weighted by atomic mass is 32.2. The van der Waals surface area contributed by atoms with Crippen LogP contribution in [0.1, 0.15) is 18.2 Å². The summed E-state index contributed by atoms with van der Waals surface area (Å²) in [6.07, 6.45) is 0. The number of carbonyl (C=O) groups excluding carboxylic acids is 1. The van der Waals surface area contributed by atoms with Crippen LogP contribution < -0.4 is 25.4 Å². The summed E-state index contributed by atoms with van der Waals surface area (Å²) in [6.45, 7) is 5.34. The molecule has 1 aromatic heterocycles. The summed E-state index contributed by atoms with van der Waals surface area (Å²) >= 11 is 0.